The first kappa shape index (κ1) is 14.4. The zero-order valence-corrected chi connectivity index (χ0v) is 13.3. The molecule has 2 aliphatic heterocycles. The lowest BCUT2D eigenvalue weighted by molar-refractivity contribution is -0.113. The number of hydrogen-bond donors (Lipinski definition) is 0. The van der Waals surface area contributed by atoms with Crippen molar-refractivity contribution in [1.29, 1.82) is 0 Å². The molecule has 6 heteroatoms. The van der Waals surface area contributed by atoms with Crippen molar-refractivity contribution in [2.45, 2.75) is 0 Å². The number of benzene rings is 1. The molecule has 116 valence electrons. The number of thioether (sulfide) groups is 1. The number of morpholine rings is 1. The van der Waals surface area contributed by atoms with Crippen molar-refractivity contribution in [3.05, 3.63) is 47.0 Å². The Labute approximate surface area is 138 Å². The average Bonchev–Trinajstić information content (AvgIpc) is 2.96. The number of carbonyl (C=O) groups is 1. The Bertz CT molecular complexity index is 825. The minimum absolute atomic E-state index is 0.176. The largest absolute Gasteiger partial charge is 0.378 e. The summed E-state index contributed by atoms with van der Waals surface area (Å²) >= 11 is 1.43. The van der Waals surface area contributed by atoms with Crippen LogP contribution in [0.25, 0.3) is 17.0 Å². The highest BCUT2D eigenvalue weighted by Crippen LogP contribution is 2.30. The normalized spacial score (nSPS) is 20.3. The van der Waals surface area contributed by atoms with Gasteiger partial charge in [0.2, 0.25) is 0 Å². The van der Waals surface area contributed by atoms with Crippen molar-refractivity contribution in [3.8, 4) is 0 Å². The molecule has 2 aliphatic rings. The van der Waals surface area contributed by atoms with Crippen LogP contribution in [0.15, 0.2) is 46.4 Å². The van der Waals surface area contributed by atoms with Gasteiger partial charge in [0.1, 0.15) is 0 Å². The van der Waals surface area contributed by atoms with Gasteiger partial charge in [-0.15, -0.1) is 0 Å². The molecule has 0 N–H and O–H groups in total. The van der Waals surface area contributed by atoms with Gasteiger partial charge >= 0.3 is 0 Å². The maximum absolute atomic E-state index is 12.1. The second-order valence-corrected chi connectivity index (χ2v) is 6.38. The molecule has 3 heterocycles. The number of aliphatic imine (C=N–C) groups is 1. The fourth-order valence-electron chi connectivity index (χ4n) is 2.61. The summed E-state index contributed by atoms with van der Waals surface area (Å²) in [5.41, 5.74) is 1.86. The minimum atomic E-state index is -0.176. The lowest BCUT2D eigenvalue weighted by Crippen LogP contribution is -2.38. The first-order chi connectivity index (χ1) is 11.3. The molecule has 1 fully saturated rings. The van der Waals surface area contributed by atoms with E-state index in [0.717, 1.165) is 34.7 Å². The van der Waals surface area contributed by atoms with E-state index in [2.05, 4.69) is 14.9 Å². The number of carbonyl (C=O) groups excluding carboxylic acids is 1. The van der Waals surface area contributed by atoms with E-state index in [-0.39, 0.29) is 5.91 Å². The highest BCUT2D eigenvalue weighted by molar-refractivity contribution is 8.18. The zero-order valence-electron chi connectivity index (χ0n) is 12.4. The number of amides is 1. The predicted molar refractivity (Wildman–Crippen MR) is 92.1 cm³/mol. The van der Waals surface area contributed by atoms with E-state index in [1.807, 2.05) is 36.4 Å². The second-order valence-electron chi connectivity index (χ2n) is 5.37. The number of ether oxygens (including phenoxy) is 1. The molecule has 1 amide bonds. The number of aromatic nitrogens is 1. The first-order valence-electron chi connectivity index (χ1n) is 7.50. The molecule has 0 spiro atoms. The monoisotopic (exact) mass is 325 g/mol. The number of fused-ring (bicyclic) bond motifs is 1. The maximum atomic E-state index is 12.1. The number of para-hydroxylation sites is 1. The molecule has 1 aromatic carbocycles. The SMILES string of the molecule is O=C1N=C(N2CCOCC2)S/C1=C/c1cnc2ccccc2c1. The van der Waals surface area contributed by atoms with E-state index in [1.54, 1.807) is 6.20 Å². The van der Waals surface area contributed by atoms with E-state index in [0.29, 0.717) is 18.1 Å². The molecule has 23 heavy (non-hydrogen) atoms. The minimum Gasteiger partial charge on any atom is -0.378 e. The fourth-order valence-corrected chi connectivity index (χ4v) is 3.57. The number of nitrogens with zero attached hydrogens (tertiary/aromatic N) is 3. The molecule has 1 aromatic heterocycles. The molecule has 0 radical (unpaired) electrons. The van der Waals surface area contributed by atoms with Crippen LogP contribution in [0.5, 0.6) is 0 Å². The summed E-state index contributed by atoms with van der Waals surface area (Å²) in [6, 6.07) is 9.98. The first-order valence-corrected chi connectivity index (χ1v) is 8.31. The fraction of sp³-hybridized carbons (Fsp3) is 0.235. The van der Waals surface area contributed by atoms with Gasteiger partial charge in [0.05, 0.1) is 23.6 Å². The molecule has 0 saturated carbocycles. The Morgan fingerprint density at radius 3 is 2.91 bits per heavy atom. The smallest absolute Gasteiger partial charge is 0.286 e. The number of amidine groups is 1. The van der Waals surface area contributed by atoms with Crippen LogP contribution in [-0.2, 0) is 9.53 Å². The molecule has 2 aromatic rings. The molecule has 0 unspecified atom stereocenters. The molecule has 0 aliphatic carbocycles. The van der Waals surface area contributed by atoms with Gasteiger partial charge in [0.25, 0.3) is 5.91 Å². The van der Waals surface area contributed by atoms with Crippen molar-refractivity contribution in [2.24, 2.45) is 4.99 Å². The molecular formula is C17H15N3O2S. The molecular weight excluding hydrogens is 310 g/mol. The van der Waals surface area contributed by atoms with E-state index in [4.69, 9.17) is 4.74 Å². The average molecular weight is 325 g/mol. The van der Waals surface area contributed by atoms with Gasteiger partial charge in [-0.25, -0.2) is 0 Å². The van der Waals surface area contributed by atoms with Crippen LogP contribution < -0.4 is 0 Å². The Morgan fingerprint density at radius 1 is 1.22 bits per heavy atom. The third-order valence-corrected chi connectivity index (χ3v) is 4.84. The summed E-state index contributed by atoms with van der Waals surface area (Å²) in [6.07, 6.45) is 3.65. The molecule has 4 rings (SSSR count). The van der Waals surface area contributed by atoms with Crippen LogP contribution in [0, 0.1) is 0 Å². The topological polar surface area (TPSA) is 54.8 Å². The van der Waals surface area contributed by atoms with Crippen molar-refractivity contribution >= 4 is 39.8 Å². The van der Waals surface area contributed by atoms with Crippen LogP contribution >= 0.6 is 11.8 Å². The second kappa shape index (κ2) is 6.14. The van der Waals surface area contributed by atoms with Crippen molar-refractivity contribution in [2.75, 3.05) is 26.3 Å². The zero-order chi connectivity index (χ0) is 15.6. The summed E-state index contributed by atoms with van der Waals surface area (Å²) in [5.74, 6) is -0.176. The summed E-state index contributed by atoms with van der Waals surface area (Å²) < 4.78 is 5.34. The van der Waals surface area contributed by atoms with Gasteiger partial charge in [-0.1, -0.05) is 18.2 Å². The third-order valence-electron chi connectivity index (χ3n) is 3.80. The molecule has 0 bridgehead atoms. The van der Waals surface area contributed by atoms with E-state index in [1.165, 1.54) is 11.8 Å². The van der Waals surface area contributed by atoms with E-state index in [9.17, 15) is 4.79 Å². The van der Waals surface area contributed by atoms with Crippen LogP contribution in [0.3, 0.4) is 0 Å². The number of rotatable bonds is 1. The van der Waals surface area contributed by atoms with Gasteiger partial charge in [-0.3, -0.25) is 9.78 Å². The third kappa shape index (κ3) is 3.00. The van der Waals surface area contributed by atoms with Gasteiger partial charge in [-0.05, 0) is 35.5 Å². The van der Waals surface area contributed by atoms with Crippen molar-refractivity contribution in [1.82, 2.24) is 9.88 Å². The summed E-state index contributed by atoms with van der Waals surface area (Å²) in [6.45, 7) is 2.93. The lowest BCUT2D eigenvalue weighted by atomic mass is 10.1. The van der Waals surface area contributed by atoms with Gasteiger partial charge in [0.15, 0.2) is 5.17 Å². The molecule has 1 saturated heterocycles. The Balaban J connectivity index is 1.57. The van der Waals surface area contributed by atoms with Crippen LogP contribution in [-0.4, -0.2) is 47.3 Å². The van der Waals surface area contributed by atoms with Gasteiger partial charge < -0.3 is 9.64 Å². The van der Waals surface area contributed by atoms with Gasteiger partial charge in [0, 0.05) is 24.7 Å². The summed E-state index contributed by atoms with van der Waals surface area (Å²) in [5, 5.41) is 1.84. The van der Waals surface area contributed by atoms with E-state index >= 15 is 0 Å². The molecule has 5 nitrogen and oxygen atoms in total. The van der Waals surface area contributed by atoms with E-state index < -0.39 is 0 Å². The van der Waals surface area contributed by atoms with Crippen molar-refractivity contribution in [3.63, 3.8) is 0 Å². The Morgan fingerprint density at radius 2 is 2.04 bits per heavy atom. The van der Waals surface area contributed by atoms with Crippen molar-refractivity contribution < 1.29 is 9.53 Å². The van der Waals surface area contributed by atoms with Gasteiger partial charge in [-0.2, -0.15) is 4.99 Å². The van der Waals surface area contributed by atoms with Crippen LogP contribution in [0.1, 0.15) is 5.56 Å². The summed E-state index contributed by atoms with van der Waals surface area (Å²) in [4.78, 5) is 23.5. The number of pyridine rings is 1. The highest BCUT2D eigenvalue weighted by atomic mass is 32.2. The lowest BCUT2D eigenvalue weighted by Gasteiger charge is -2.27. The standard InChI is InChI=1S/C17H15N3O2S/c21-16-15(23-17(19-16)20-5-7-22-8-6-20)10-12-9-13-3-1-2-4-14(13)18-11-12/h1-4,9-11H,5-8H2/b15-10+. The molecule has 0 atom stereocenters. The Kier molecular flexibility index (Phi) is 3.85. The van der Waals surface area contributed by atoms with Crippen LogP contribution in [0.2, 0.25) is 0 Å². The van der Waals surface area contributed by atoms with Crippen LogP contribution in [0.4, 0.5) is 0 Å². The predicted octanol–water partition coefficient (Wildman–Crippen LogP) is 2.54. The highest BCUT2D eigenvalue weighted by Gasteiger charge is 2.27. The number of hydrogen-bond acceptors (Lipinski definition) is 5. The maximum Gasteiger partial charge on any atom is 0.286 e. The Hall–Kier alpha value is -2.18. The summed E-state index contributed by atoms with van der Waals surface area (Å²) in [7, 11) is 0. The quantitative estimate of drug-likeness (QED) is 0.754.